The van der Waals surface area contributed by atoms with Gasteiger partial charge in [-0.1, -0.05) is 5.21 Å². The van der Waals surface area contributed by atoms with Crippen molar-refractivity contribution in [3.05, 3.63) is 11.9 Å². The number of aromatic nitrogens is 3. The molecule has 0 spiro atoms. The van der Waals surface area contributed by atoms with Crippen molar-refractivity contribution in [2.24, 2.45) is 5.73 Å². The van der Waals surface area contributed by atoms with E-state index < -0.39 is 11.9 Å². The van der Waals surface area contributed by atoms with Crippen LogP contribution in [0.3, 0.4) is 0 Å². The van der Waals surface area contributed by atoms with Crippen LogP contribution in [0.2, 0.25) is 0 Å². The van der Waals surface area contributed by atoms with Gasteiger partial charge >= 0.3 is 0 Å². The molecule has 3 heterocycles. The number of nitrogens with two attached hydrogens (primary N) is 1. The summed E-state index contributed by atoms with van der Waals surface area (Å²) in [5, 5.41) is 11.3. The van der Waals surface area contributed by atoms with Crippen LogP contribution < -0.4 is 11.1 Å². The smallest absolute Gasteiger partial charge is 0.276 e. The Labute approximate surface area is 122 Å². The first-order chi connectivity index (χ1) is 10.2. The summed E-state index contributed by atoms with van der Waals surface area (Å²) in [6.45, 7) is 2.44. The van der Waals surface area contributed by atoms with Gasteiger partial charge in [0, 0.05) is 6.54 Å². The van der Waals surface area contributed by atoms with Gasteiger partial charge in [-0.25, -0.2) is 4.68 Å². The molecule has 114 valence electrons. The van der Waals surface area contributed by atoms with Crippen molar-refractivity contribution in [1.82, 2.24) is 25.2 Å². The maximum atomic E-state index is 12.4. The molecule has 1 aromatic rings. The van der Waals surface area contributed by atoms with Crippen LogP contribution in [0.25, 0.3) is 0 Å². The second-order valence-corrected chi connectivity index (χ2v) is 5.62. The summed E-state index contributed by atoms with van der Waals surface area (Å²) in [4.78, 5) is 25.3. The van der Waals surface area contributed by atoms with Gasteiger partial charge in [0.25, 0.3) is 5.91 Å². The molecule has 2 saturated heterocycles. The molecule has 21 heavy (non-hydrogen) atoms. The maximum absolute atomic E-state index is 12.4. The number of primary amides is 1. The lowest BCUT2D eigenvalue weighted by Crippen LogP contribution is -2.43. The van der Waals surface area contributed by atoms with Crippen LogP contribution in [0, 0.1) is 0 Å². The van der Waals surface area contributed by atoms with Gasteiger partial charge in [0.05, 0.1) is 12.2 Å². The number of carbonyl (C=O) groups is 2. The van der Waals surface area contributed by atoms with Crippen molar-refractivity contribution in [1.29, 1.82) is 0 Å². The summed E-state index contributed by atoms with van der Waals surface area (Å²) in [5.74, 6) is -0.705. The third-order valence-electron chi connectivity index (χ3n) is 4.25. The number of hydrogen-bond donors (Lipinski definition) is 2. The Balaban J connectivity index is 1.73. The second-order valence-electron chi connectivity index (χ2n) is 5.62. The molecule has 2 amide bonds. The van der Waals surface area contributed by atoms with Crippen molar-refractivity contribution in [2.45, 2.75) is 37.8 Å². The molecular formula is C13H20N6O2. The summed E-state index contributed by atoms with van der Waals surface area (Å²) in [7, 11) is 0. The van der Waals surface area contributed by atoms with E-state index in [0.717, 1.165) is 32.4 Å². The molecule has 2 aliphatic rings. The van der Waals surface area contributed by atoms with E-state index in [2.05, 4.69) is 15.6 Å². The first-order valence-electron chi connectivity index (χ1n) is 7.39. The number of piperidine rings is 1. The SMILES string of the molecule is NC(=O)C1CCCN1C(=O)c1cn(C2CCNCC2)nn1. The average molecular weight is 292 g/mol. The molecule has 3 N–H and O–H groups in total. The Hall–Kier alpha value is -1.96. The minimum atomic E-state index is -0.512. The lowest BCUT2D eigenvalue weighted by Gasteiger charge is -2.22. The highest BCUT2D eigenvalue weighted by Gasteiger charge is 2.34. The van der Waals surface area contributed by atoms with E-state index >= 15 is 0 Å². The second kappa shape index (κ2) is 5.80. The minimum absolute atomic E-state index is 0.253. The normalized spacial score (nSPS) is 23.4. The van der Waals surface area contributed by atoms with Crippen LogP contribution >= 0.6 is 0 Å². The summed E-state index contributed by atoms with van der Waals surface area (Å²) >= 11 is 0. The van der Waals surface area contributed by atoms with Crippen molar-refractivity contribution >= 4 is 11.8 Å². The molecule has 2 fully saturated rings. The first kappa shape index (κ1) is 14.0. The van der Waals surface area contributed by atoms with E-state index in [1.165, 1.54) is 4.90 Å². The summed E-state index contributed by atoms with van der Waals surface area (Å²) in [5.41, 5.74) is 5.64. The lowest BCUT2D eigenvalue weighted by atomic mass is 10.1. The minimum Gasteiger partial charge on any atom is -0.368 e. The molecule has 0 saturated carbocycles. The molecule has 0 bridgehead atoms. The van der Waals surface area contributed by atoms with Crippen LogP contribution in [-0.4, -0.2) is 57.4 Å². The fourth-order valence-electron chi connectivity index (χ4n) is 3.08. The van der Waals surface area contributed by atoms with Crippen LogP contribution in [0.1, 0.15) is 42.2 Å². The van der Waals surface area contributed by atoms with E-state index in [1.807, 2.05) is 0 Å². The third kappa shape index (κ3) is 2.76. The van der Waals surface area contributed by atoms with Crippen LogP contribution in [-0.2, 0) is 4.79 Å². The molecule has 8 nitrogen and oxygen atoms in total. The number of carbonyl (C=O) groups excluding carboxylic acids is 2. The van der Waals surface area contributed by atoms with Gasteiger partial charge in [-0.2, -0.15) is 0 Å². The third-order valence-corrected chi connectivity index (χ3v) is 4.25. The Kier molecular flexibility index (Phi) is 3.87. The molecule has 1 unspecified atom stereocenters. The fraction of sp³-hybridized carbons (Fsp3) is 0.692. The molecule has 3 rings (SSSR count). The number of hydrogen-bond acceptors (Lipinski definition) is 5. The molecule has 8 heteroatoms. The summed E-state index contributed by atoms with van der Waals surface area (Å²) in [6.07, 6.45) is 5.06. The zero-order valence-electron chi connectivity index (χ0n) is 11.9. The van der Waals surface area contributed by atoms with Crippen molar-refractivity contribution in [3.8, 4) is 0 Å². The van der Waals surface area contributed by atoms with Crippen molar-refractivity contribution in [3.63, 3.8) is 0 Å². The van der Waals surface area contributed by atoms with Gasteiger partial charge in [0.15, 0.2) is 5.69 Å². The topological polar surface area (TPSA) is 106 Å². The number of nitrogens with one attached hydrogen (secondary N) is 1. The van der Waals surface area contributed by atoms with Crippen LogP contribution in [0.5, 0.6) is 0 Å². The van der Waals surface area contributed by atoms with E-state index in [-0.39, 0.29) is 11.9 Å². The number of rotatable bonds is 3. The monoisotopic (exact) mass is 292 g/mol. The first-order valence-corrected chi connectivity index (χ1v) is 7.39. The maximum Gasteiger partial charge on any atom is 0.276 e. The Morgan fingerprint density at radius 3 is 2.76 bits per heavy atom. The predicted molar refractivity (Wildman–Crippen MR) is 74.4 cm³/mol. The molecule has 0 aromatic carbocycles. The predicted octanol–water partition coefficient (Wildman–Crippen LogP) is -0.707. The quantitative estimate of drug-likeness (QED) is 0.765. The van der Waals surface area contributed by atoms with Gasteiger partial charge < -0.3 is 16.0 Å². The largest absolute Gasteiger partial charge is 0.368 e. The number of amides is 2. The van der Waals surface area contributed by atoms with E-state index in [9.17, 15) is 9.59 Å². The van der Waals surface area contributed by atoms with Gasteiger partial charge in [-0.05, 0) is 38.8 Å². The van der Waals surface area contributed by atoms with E-state index in [1.54, 1.807) is 10.9 Å². The molecule has 1 atom stereocenters. The zero-order valence-corrected chi connectivity index (χ0v) is 11.9. The average Bonchev–Trinajstić information content (AvgIpc) is 3.17. The van der Waals surface area contributed by atoms with Gasteiger partial charge in [0.1, 0.15) is 6.04 Å². The van der Waals surface area contributed by atoms with Gasteiger partial charge in [-0.3, -0.25) is 9.59 Å². The van der Waals surface area contributed by atoms with Crippen LogP contribution in [0.15, 0.2) is 6.20 Å². The number of nitrogens with zero attached hydrogens (tertiary/aromatic N) is 4. The Morgan fingerprint density at radius 2 is 2.05 bits per heavy atom. The Morgan fingerprint density at radius 1 is 1.29 bits per heavy atom. The fourth-order valence-corrected chi connectivity index (χ4v) is 3.08. The highest BCUT2D eigenvalue weighted by atomic mass is 16.2. The van der Waals surface area contributed by atoms with Crippen LogP contribution in [0.4, 0.5) is 0 Å². The molecule has 0 aliphatic carbocycles. The van der Waals surface area contributed by atoms with Crippen molar-refractivity contribution in [2.75, 3.05) is 19.6 Å². The lowest BCUT2D eigenvalue weighted by molar-refractivity contribution is -0.121. The highest BCUT2D eigenvalue weighted by Crippen LogP contribution is 2.21. The van der Waals surface area contributed by atoms with Gasteiger partial charge in [0.2, 0.25) is 5.91 Å². The van der Waals surface area contributed by atoms with Crippen molar-refractivity contribution < 1.29 is 9.59 Å². The highest BCUT2D eigenvalue weighted by molar-refractivity contribution is 5.95. The Bertz CT molecular complexity index is 537. The summed E-state index contributed by atoms with van der Waals surface area (Å²) in [6, 6.07) is -0.229. The zero-order chi connectivity index (χ0) is 14.8. The van der Waals surface area contributed by atoms with E-state index in [4.69, 9.17) is 5.73 Å². The standard InChI is InChI=1S/C13H20N6O2/c14-12(20)11-2-1-7-18(11)13(21)10-8-19(17-16-10)9-3-5-15-6-4-9/h8-9,11,15H,1-7H2,(H2,14,20). The number of likely N-dealkylation sites (tertiary alicyclic amines) is 1. The molecular weight excluding hydrogens is 272 g/mol. The molecule has 1 aromatic heterocycles. The molecule has 0 radical (unpaired) electrons. The van der Waals surface area contributed by atoms with E-state index in [0.29, 0.717) is 18.7 Å². The van der Waals surface area contributed by atoms with Gasteiger partial charge in [-0.15, -0.1) is 5.10 Å². The summed E-state index contributed by atoms with van der Waals surface area (Å²) < 4.78 is 1.77. The molecule has 2 aliphatic heterocycles.